The molecule has 6 nitrogen and oxygen atoms in total. The number of halogens is 3. The van der Waals surface area contributed by atoms with Crippen LogP contribution in [0, 0.1) is 0 Å². The van der Waals surface area contributed by atoms with Crippen LogP contribution in [-0.4, -0.2) is 37.5 Å². The summed E-state index contributed by atoms with van der Waals surface area (Å²) < 4.78 is 50.4. The monoisotopic (exact) mass is 418 g/mol. The molecule has 2 aromatic carbocycles. The molecule has 0 saturated heterocycles. The number of hydrogen-bond acceptors (Lipinski definition) is 5. The molecule has 2 aromatic rings. The van der Waals surface area contributed by atoms with Gasteiger partial charge in [-0.25, -0.2) is 4.79 Å². The average molecular weight is 418 g/mol. The van der Waals surface area contributed by atoms with E-state index in [0.29, 0.717) is 16.3 Å². The van der Waals surface area contributed by atoms with E-state index in [-0.39, 0.29) is 17.9 Å². The smallest absolute Gasteiger partial charge is 0.435 e. The molecule has 156 valence electrons. The van der Waals surface area contributed by atoms with Gasteiger partial charge in [0.15, 0.2) is 5.71 Å². The van der Waals surface area contributed by atoms with Crippen LogP contribution >= 0.6 is 0 Å². The summed E-state index contributed by atoms with van der Waals surface area (Å²) in [6, 6.07) is 11.6. The Morgan fingerprint density at radius 1 is 1.10 bits per heavy atom. The summed E-state index contributed by atoms with van der Waals surface area (Å²) >= 11 is 0. The lowest BCUT2D eigenvalue weighted by Gasteiger charge is -2.12. The largest absolute Gasteiger partial charge is 0.497 e. The molecule has 3 rings (SSSR count). The van der Waals surface area contributed by atoms with Crippen molar-refractivity contribution in [1.82, 2.24) is 0 Å². The third-order valence-corrected chi connectivity index (χ3v) is 4.20. The molecule has 1 aliphatic rings. The molecule has 1 heterocycles. The molecule has 1 aliphatic heterocycles. The van der Waals surface area contributed by atoms with E-state index in [1.54, 1.807) is 19.1 Å². The SMILES string of the molecule is CCOC(=O)c1ccc(N2N=C(C(F)(F)F)C(=Cc3ccc(OC)cc3)C2=O)cc1. The molecular formula is C21H17F3N2O4. The third-order valence-electron chi connectivity index (χ3n) is 4.20. The van der Waals surface area contributed by atoms with Gasteiger partial charge in [0.2, 0.25) is 0 Å². The van der Waals surface area contributed by atoms with Gasteiger partial charge in [0.25, 0.3) is 5.91 Å². The first kappa shape index (κ1) is 21.1. The number of amides is 1. The fourth-order valence-corrected chi connectivity index (χ4v) is 2.75. The van der Waals surface area contributed by atoms with E-state index < -0.39 is 29.3 Å². The van der Waals surface area contributed by atoms with Crippen molar-refractivity contribution in [3.63, 3.8) is 0 Å². The van der Waals surface area contributed by atoms with Crippen molar-refractivity contribution in [3.8, 4) is 5.75 Å². The van der Waals surface area contributed by atoms with Crippen LogP contribution in [0.4, 0.5) is 18.9 Å². The number of carbonyl (C=O) groups is 2. The standard InChI is InChI=1S/C21H17F3N2O4/c1-3-30-20(28)14-6-8-15(9-7-14)26-19(27)17(18(25-26)21(22,23)24)12-13-4-10-16(29-2)11-5-13/h4-12H,3H2,1-2H3. The fraction of sp³-hybridized carbons (Fsp3) is 0.190. The van der Waals surface area contributed by atoms with Crippen molar-refractivity contribution >= 4 is 29.4 Å². The maximum atomic E-state index is 13.5. The quantitative estimate of drug-likeness (QED) is 0.539. The van der Waals surface area contributed by atoms with Crippen LogP contribution in [0.1, 0.15) is 22.8 Å². The summed E-state index contributed by atoms with van der Waals surface area (Å²) in [5, 5.41) is 4.16. The van der Waals surface area contributed by atoms with E-state index in [1.165, 1.54) is 43.5 Å². The number of hydrazone groups is 1. The van der Waals surface area contributed by atoms with Gasteiger partial charge < -0.3 is 9.47 Å². The van der Waals surface area contributed by atoms with E-state index in [4.69, 9.17) is 9.47 Å². The van der Waals surface area contributed by atoms with Crippen LogP contribution in [0.5, 0.6) is 5.75 Å². The normalized spacial score (nSPS) is 15.4. The van der Waals surface area contributed by atoms with Gasteiger partial charge in [-0.05, 0) is 55.0 Å². The van der Waals surface area contributed by atoms with Crippen LogP contribution in [0.25, 0.3) is 6.08 Å². The summed E-state index contributed by atoms with van der Waals surface area (Å²) in [4.78, 5) is 24.5. The average Bonchev–Trinajstić information content (AvgIpc) is 3.05. The highest BCUT2D eigenvalue weighted by Gasteiger charge is 2.46. The number of hydrogen-bond donors (Lipinski definition) is 0. The van der Waals surface area contributed by atoms with Crippen LogP contribution in [0.3, 0.4) is 0 Å². The predicted octanol–water partition coefficient (Wildman–Crippen LogP) is 4.22. The topological polar surface area (TPSA) is 68.2 Å². The molecule has 9 heteroatoms. The van der Waals surface area contributed by atoms with Crippen molar-refractivity contribution in [1.29, 1.82) is 0 Å². The number of ether oxygens (including phenoxy) is 2. The zero-order valence-electron chi connectivity index (χ0n) is 16.1. The van der Waals surface area contributed by atoms with Crippen LogP contribution in [0.2, 0.25) is 0 Å². The maximum Gasteiger partial charge on any atom is 0.435 e. The van der Waals surface area contributed by atoms with Gasteiger partial charge >= 0.3 is 12.1 Å². The van der Waals surface area contributed by atoms with Crippen molar-refractivity contribution in [2.45, 2.75) is 13.1 Å². The zero-order chi connectivity index (χ0) is 21.9. The van der Waals surface area contributed by atoms with Crippen LogP contribution in [-0.2, 0) is 9.53 Å². The second kappa shape index (κ2) is 8.40. The van der Waals surface area contributed by atoms with Crippen molar-refractivity contribution in [2.75, 3.05) is 18.7 Å². The van der Waals surface area contributed by atoms with E-state index in [1.807, 2.05) is 0 Å². The molecule has 30 heavy (non-hydrogen) atoms. The van der Waals surface area contributed by atoms with Crippen LogP contribution < -0.4 is 9.75 Å². The summed E-state index contributed by atoms with van der Waals surface area (Å²) in [7, 11) is 1.47. The van der Waals surface area contributed by atoms with Crippen molar-refractivity contribution < 1.29 is 32.2 Å². The Morgan fingerprint density at radius 2 is 1.73 bits per heavy atom. The first-order valence-corrected chi connectivity index (χ1v) is 8.88. The Labute approximate surface area is 170 Å². The summed E-state index contributed by atoms with van der Waals surface area (Å²) in [5.41, 5.74) is -1.19. The minimum atomic E-state index is -4.83. The van der Waals surface area contributed by atoms with Crippen LogP contribution in [0.15, 0.2) is 59.2 Å². The molecule has 0 aliphatic carbocycles. The molecule has 0 fully saturated rings. The number of benzene rings is 2. The summed E-state index contributed by atoms with van der Waals surface area (Å²) in [6.45, 7) is 1.84. The molecule has 0 bridgehead atoms. The minimum absolute atomic E-state index is 0.0907. The van der Waals surface area contributed by atoms with Gasteiger partial charge in [-0.1, -0.05) is 12.1 Å². The Balaban J connectivity index is 1.95. The molecule has 0 spiro atoms. The molecule has 0 saturated carbocycles. The number of alkyl halides is 3. The molecular weight excluding hydrogens is 401 g/mol. The number of methoxy groups -OCH3 is 1. The molecule has 0 N–H and O–H groups in total. The van der Waals surface area contributed by atoms with Gasteiger partial charge in [0, 0.05) is 0 Å². The number of carbonyl (C=O) groups excluding carboxylic acids is 2. The first-order chi connectivity index (χ1) is 14.2. The molecule has 0 atom stereocenters. The summed E-state index contributed by atoms with van der Waals surface area (Å²) in [5.74, 6) is -0.971. The van der Waals surface area contributed by atoms with E-state index in [2.05, 4.69) is 5.10 Å². The summed E-state index contributed by atoms with van der Waals surface area (Å²) in [6.07, 6.45) is -3.70. The Morgan fingerprint density at radius 3 is 2.27 bits per heavy atom. The number of anilines is 1. The second-order valence-corrected chi connectivity index (χ2v) is 6.16. The first-order valence-electron chi connectivity index (χ1n) is 8.88. The number of nitrogens with zero attached hydrogens (tertiary/aromatic N) is 2. The number of rotatable bonds is 5. The van der Waals surface area contributed by atoms with Gasteiger partial charge in [-0.2, -0.15) is 23.3 Å². The van der Waals surface area contributed by atoms with E-state index in [0.717, 1.165) is 6.08 Å². The lowest BCUT2D eigenvalue weighted by atomic mass is 10.1. The highest BCUT2D eigenvalue weighted by Crippen LogP contribution is 2.33. The maximum absolute atomic E-state index is 13.5. The lowest BCUT2D eigenvalue weighted by molar-refractivity contribution is -0.114. The van der Waals surface area contributed by atoms with Gasteiger partial charge in [0.1, 0.15) is 5.75 Å². The molecule has 0 unspecified atom stereocenters. The fourth-order valence-electron chi connectivity index (χ4n) is 2.75. The van der Waals surface area contributed by atoms with Crippen molar-refractivity contribution in [2.24, 2.45) is 5.10 Å². The van der Waals surface area contributed by atoms with E-state index in [9.17, 15) is 22.8 Å². The third kappa shape index (κ3) is 4.35. The lowest BCUT2D eigenvalue weighted by Crippen LogP contribution is -2.25. The number of esters is 1. The molecule has 0 aromatic heterocycles. The van der Waals surface area contributed by atoms with Gasteiger partial charge in [-0.15, -0.1) is 0 Å². The Bertz CT molecular complexity index is 1010. The highest BCUT2D eigenvalue weighted by atomic mass is 19.4. The Kier molecular flexibility index (Phi) is 5.91. The zero-order valence-corrected chi connectivity index (χ0v) is 16.1. The minimum Gasteiger partial charge on any atom is -0.497 e. The molecule has 1 amide bonds. The molecule has 0 radical (unpaired) electrons. The van der Waals surface area contributed by atoms with Crippen molar-refractivity contribution in [3.05, 3.63) is 65.2 Å². The Hall–Kier alpha value is -3.62. The van der Waals surface area contributed by atoms with Gasteiger partial charge in [-0.3, -0.25) is 4.79 Å². The highest BCUT2D eigenvalue weighted by molar-refractivity contribution is 6.34. The predicted molar refractivity (Wildman–Crippen MR) is 104 cm³/mol. The van der Waals surface area contributed by atoms with E-state index >= 15 is 0 Å². The second-order valence-electron chi connectivity index (χ2n) is 6.16. The van der Waals surface area contributed by atoms with Gasteiger partial charge in [0.05, 0.1) is 30.5 Å².